The van der Waals surface area contributed by atoms with Gasteiger partial charge in [0.15, 0.2) is 0 Å². The van der Waals surface area contributed by atoms with Crippen LogP contribution in [0.5, 0.6) is 0 Å². The Morgan fingerprint density at radius 3 is 2.21 bits per heavy atom. The molecular formula is C12H25N3O3S. The van der Waals surface area contributed by atoms with E-state index in [-0.39, 0.29) is 11.7 Å². The van der Waals surface area contributed by atoms with E-state index in [4.69, 9.17) is 10.9 Å². The van der Waals surface area contributed by atoms with Gasteiger partial charge < -0.3 is 11.1 Å². The number of carbonyl (C=O) groups excluding carboxylic acids is 1. The number of hydrogen-bond acceptors (Lipinski definition) is 4. The van der Waals surface area contributed by atoms with Gasteiger partial charge in [-0.05, 0) is 19.3 Å². The maximum atomic E-state index is 12.3. The molecule has 7 heteroatoms. The van der Waals surface area contributed by atoms with Gasteiger partial charge in [-0.3, -0.25) is 4.79 Å². The second-order valence-electron chi connectivity index (χ2n) is 5.38. The van der Waals surface area contributed by atoms with Crippen LogP contribution in [0.3, 0.4) is 0 Å². The van der Waals surface area contributed by atoms with E-state index in [9.17, 15) is 13.2 Å². The largest absolute Gasteiger partial charge is 0.356 e. The summed E-state index contributed by atoms with van der Waals surface area (Å²) in [6.07, 6.45) is 6.35. The van der Waals surface area contributed by atoms with Gasteiger partial charge in [-0.2, -0.15) is 0 Å². The second-order valence-corrected chi connectivity index (χ2v) is 7.11. The van der Waals surface area contributed by atoms with Crippen molar-refractivity contribution in [2.45, 2.75) is 44.9 Å². The fraction of sp³-hybridized carbons (Fsp3) is 0.917. The fourth-order valence-corrected chi connectivity index (χ4v) is 3.14. The summed E-state index contributed by atoms with van der Waals surface area (Å²) in [7, 11) is -3.45. The lowest BCUT2D eigenvalue weighted by Crippen LogP contribution is -2.46. The van der Waals surface area contributed by atoms with Gasteiger partial charge >= 0.3 is 0 Å². The number of rotatable bonds is 6. The van der Waals surface area contributed by atoms with Crippen LogP contribution in [0.4, 0.5) is 0 Å². The highest BCUT2D eigenvalue weighted by atomic mass is 32.2. The minimum Gasteiger partial charge on any atom is -0.356 e. The van der Waals surface area contributed by atoms with Crippen molar-refractivity contribution in [2.75, 3.05) is 18.8 Å². The zero-order valence-corrected chi connectivity index (χ0v) is 12.2. The normalized spacial score (nSPS) is 19.7. The van der Waals surface area contributed by atoms with Crippen LogP contribution in [0.15, 0.2) is 0 Å². The fourth-order valence-electron chi connectivity index (χ4n) is 2.59. The summed E-state index contributed by atoms with van der Waals surface area (Å²) in [6, 6.07) is 0. The Morgan fingerprint density at radius 1 is 1.16 bits per heavy atom. The zero-order valence-electron chi connectivity index (χ0n) is 11.4. The third-order valence-corrected chi connectivity index (χ3v) is 4.68. The van der Waals surface area contributed by atoms with Crippen LogP contribution >= 0.6 is 0 Å². The Labute approximate surface area is 115 Å². The monoisotopic (exact) mass is 291 g/mol. The summed E-state index contributed by atoms with van der Waals surface area (Å²) in [4.78, 5) is 12.3. The van der Waals surface area contributed by atoms with Gasteiger partial charge in [0.1, 0.15) is 0 Å². The highest BCUT2D eigenvalue weighted by Gasteiger charge is 2.36. The maximum Gasteiger partial charge on any atom is 0.227 e. The number of nitrogens with one attached hydrogen (secondary N) is 1. The summed E-state index contributed by atoms with van der Waals surface area (Å²) in [5, 5.41) is 7.71. The highest BCUT2D eigenvalue weighted by Crippen LogP contribution is 2.34. The summed E-state index contributed by atoms with van der Waals surface area (Å²) in [5.74, 6) is -0.144. The third-order valence-electron chi connectivity index (χ3n) is 3.82. The van der Waals surface area contributed by atoms with Crippen LogP contribution in [0, 0.1) is 5.41 Å². The molecule has 0 spiro atoms. The van der Waals surface area contributed by atoms with Gasteiger partial charge in [-0.15, -0.1) is 0 Å². The molecule has 0 aromatic rings. The van der Waals surface area contributed by atoms with Gasteiger partial charge in [-0.25, -0.2) is 13.6 Å². The molecule has 1 aliphatic rings. The predicted molar refractivity (Wildman–Crippen MR) is 74.8 cm³/mol. The Bertz CT molecular complexity index is 387. The van der Waals surface area contributed by atoms with E-state index >= 15 is 0 Å². The molecule has 0 radical (unpaired) electrons. The minimum absolute atomic E-state index is 0.0358. The first-order chi connectivity index (χ1) is 8.90. The standard InChI is InChI=1S/C12H25N3O3S/c13-10-12(6-3-1-2-4-7-12)11(16)15-8-5-9-19(14,17)18/h1-10,13H2,(H,15,16)(H2,14,17,18). The van der Waals surface area contributed by atoms with E-state index in [1.807, 2.05) is 0 Å². The smallest absolute Gasteiger partial charge is 0.227 e. The first kappa shape index (κ1) is 16.4. The van der Waals surface area contributed by atoms with Crippen LogP contribution in [-0.2, 0) is 14.8 Å². The average molecular weight is 291 g/mol. The molecule has 112 valence electrons. The Balaban J connectivity index is 2.45. The lowest BCUT2D eigenvalue weighted by Gasteiger charge is -2.29. The first-order valence-electron chi connectivity index (χ1n) is 6.88. The quantitative estimate of drug-likeness (QED) is 0.475. The molecule has 6 nitrogen and oxygen atoms in total. The Hall–Kier alpha value is -0.660. The molecule has 0 aromatic heterocycles. The zero-order chi connectivity index (χ0) is 14.4. The lowest BCUT2D eigenvalue weighted by molar-refractivity contribution is -0.131. The average Bonchev–Trinajstić information content (AvgIpc) is 2.59. The van der Waals surface area contributed by atoms with Gasteiger partial charge in [0.05, 0.1) is 11.2 Å². The molecule has 19 heavy (non-hydrogen) atoms. The lowest BCUT2D eigenvalue weighted by atomic mass is 9.79. The van der Waals surface area contributed by atoms with Crippen molar-refractivity contribution in [2.24, 2.45) is 16.3 Å². The molecule has 0 unspecified atom stereocenters. The molecule has 0 heterocycles. The first-order valence-corrected chi connectivity index (χ1v) is 8.60. The van der Waals surface area contributed by atoms with Crippen LogP contribution in [0.1, 0.15) is 44.9 Å². The number of nitrogens with two attached hydrogens (primary N) is 2. The molecule has 1 amide bonds. The highest BCUT2D eigenvalue weighted by molar-refractivity contribution is 7.89. The van der Waals surface area contributed by atoms with Crippen LogP contribution < -0.4 is 16.2 Å². The van der Waals surface area contributed by atoms with E-state index in [0.717, 1.165) is 38.5 Å². The molecule has 0 bridgehead atoms. The van der Waals surface area contributed by atoms with E-state index in [1.165, 1.54) is 0 Å². The number of sulfonamides is 1. The van der Waals surface area contributed by atoms with Crippen molar-refractivity contribution in [1.82, 2.24) is 5.32 Å². The molecule has 0 atom stereocenters. The Morgan fingerprint density at radius 2 is 1.74 bits per heavy atom. The topological polar surface area (TPSA) is 115 Å². The molecule has 1 rings (SSSR count). The third kappa shape index (κ3) is 5.46. The SMILES string of the molecule is NCC1(C(=O)NCCCS(N)(=O)=O)CCCCCC1. The molecule has 1 aliphatic carbocycles. The summed E-state index contributed by atoms with van der Waals surface area (Å²) < 4.78 is 21.6. The van der Waals surface area contributed by atoms with Crippen molar-refractivity contribution in [3.8, 4) is 0 Å². The second kappa shape index (κ2) is 7.21. The van der Waals surface area contributed by atoms with Gasteiger partial charge in [0.25, 0.3) is 0 Å². The maximum absolute atomic E-state index is 12.3. The molecule has 0 aliphatic heterocycles. The van der Waals surface area contributed by atoms with Crippen LogP contribution in [-0.4, -0.2) is 33.2 Å². The summed E-state index contributed by atoms with van der Waals surface area (Å²) in [6.45, 7) is 0.686. The van der Waals surface area contributed by atoms with Gasteiger partial charge in [0, 0.05) is 13.1 Å². The molecule has 0 aromatic carbocycles. The van der Waals surface area contributed by atoms with Crippen molar-refractivity contribution >= 4 is 15.9 Å². The van der Waals surface area contributed by atoms with Gasteiger partial charge in [0.2, 0.25) is 15.9 Å². The molecule has 5 N–H and O–H groups in total. The molecular weight excluding hydrogens is 266 g/mol. The van der Waals surface area contributed by atoms with Crippen molar-refractivity contribution in [3.63, 3.8) is 0 Å². The number of amides is 1. The molecule has 1 saturated carbocycles. The van der Waals surface area contributed by atoms with Crippen molar-refractivity contribution in [3.05, 3.63) is 0 Å². The summed E-state index contributed by atoms with van der Waals surface area (Å²) in [5.41, 5.74) is 5.35. The van der Waals surface area contributed by atoms with E-state index in [2.05, 4.69) is 5.32 Å². The van der Waals surface area contributed by atoms with E-state index < -0.39 is 15.4 Å². The minimum atomic E-state index is -3.45. The van der Waals surface area contributed by atoms with Crippen LogP contribution in [0.2, 0.25) is 0 Å². The van der Waals surface area contributed by atoms with Crippen molar-refractivity contribution < 1.29 is 13.2 Å². The van der Waals surface area contributed by atoms with Gasteiger partial charge in [-0.1, -0.05) is 25.7 Å². The van der Waals surface area contributed by atoms with E-state index in [0.29, 0.717) is 19.5 Å². The van der Waals surface area contributed by atoms with Crippen LogP contribution in [0.25, 0.3) is 0 Å². The predicted octanol–water partition coefficient (Wildman–Crippen LogP) is 0.0805. The van der Waals surface area contributed by atoms with Crippen molar-refractivity contribution in [1.29, 1.82) is 0 Å². The number of carbonyl (C=O) groups is 1. The molecule has 0 saturated heterocycles. The molecule has 1 fully saturated rings. The number of primary sulfonamides is 1. The Kier molecular flexibility index (Phi) is 6.22. The van der Waals surface area contributed by atoms with E-state index in [1.54, 1.807) is 0 Å². The summed E-state index contributed by atoms with van der Waals surface area (Å²) >= 11 is 0. The number of hydrogen-bond donors (Lipinski definition) is 3.